The second kappa shape index (κ2) is 41.1. The second-order valence-corrected chi connectivity index (χ2v) is 34.5. The Labute approximate surface area is 824 Å². The van der Waals surface area contributed by atoms with Crippen LogP contribution in [0.15, 0.2) is 147 Å². The van der Waals surface area contributed by atoms with E-state index in [2.05, 4.69) is 36.2 Å². The number of halogens is 12. The first kappa shape index (κ1) is 101. The van der Waals surface area contributed by atoms with Crippen LogP contribution in [0.2, 0.25) is 0 Å². The largest absolute Gasteiger partial charge is 0.477 e. The molecule has 17 rings (SSSR count). The number of pyridine rings is 7. The molecular formula is C93H85F12N31O12. The smallest absolute Gasteiger partial charge is 0.341 e. The van der Waals surface area contributed by atoms with E-state index >= 15 is 35.1 Å². The molecule has 5 aliphatic heterocycles. The van der Waals surface area contributed by atoms with Crippen LogP contribution in [0.1, 0.15) is 41.4 Å². The van der Waals surface area contributed by atoms with Crippen LogP contribution in [0.4, 0.5) is 75.8 Å². The molecule has 12 aromatic rings. The number of nitrogens with one attached hydrogen (secondary N) is 12. The number of rotatable bonds is 12. The Morgan fingerprint density at radius 3 is 0.669 bits per heavy atom. The number of hydrogen-bond acceptors (Lipinski definition) is 23. The van der Waals surface area contributed by atoms with Crippen molar-refractivity contribution < 1.29 is 92.3 Å². The van der Waals surface area contributed by atoms with Crippen molar-refractivity contribution in [2.24, 2.45) is 0 Å². The molecule has 16 N–H and O–H groups in total. The lowest BCUT2D eigenvalue weighted by molar-refractivity contribution is 0.0684. The highest BCUT2D eigenvalue weighted by Crippen LogP contribution is 2.34. The minimum atomic E-state index is -1.75. The Morgan fingerprint density at radius 1 is 0.243 bits per heavy atom. The highest BCUT2D eigenvalue weighted by Gasteiger charge is 2.36. The summed E-state index contributed by atoms with van der Waals surface area (Å²) in [4.78, 5) is 134. The van der Waals surface area contributed by atoms with Crippen LogP contribution in [0.5, 0.6) is 0 Å². The van der Waals surface area contributed by atoms with E-state index in [1.165, 1.54) is 64.9 Å². The SMILES string of the molecule is N=C(NC(=N)N1CCN(c2cc3c(cc2F)c(=O)c(C(=O)O)cn3-c2ccc(F)cc2F)CC1)N1CCN(C(=N)NC(=N)N2CCN(c3nc4c(cc3F)c(=O)c(C(=O)O)cn4-c3ccc(F)cc3F)CC2)CCN(C(=N)NC(=N)N2CCN(c3nc4c(cc3F)c(=O)c(C(=O)O)cn4-c3ccc(F)cc3F)CC2)CCN(C(=N)NC(=N)N2CCN(c3nc4c(cc3F)c(=O)c(C(=O)O)cn4-c3ccc(F)cc3F)CC2)CC1. The van der Waals surface area contributed by atoms with E-state index < -0.39 is 252 Å². The van der Waals surface area contributed by atoms with E-state index in [1.54, 1.807) is 0 Å². The predicted octanol–water partition coefficient (Wildman–Crippen LogP) is 6.20. The summed E-state index contributed by atoms with van der Waals surface area (Å²) in [5, 5.41) is 126. The van der Waals surface area contributed by atoms with Crippen molar-refractivity contribution >= 4 is 139 Å². The molecule has 0 bridgehead atoms. The van der Waals surface area contributed by atoms with Crippen LogP contribution in [-0.2, 0) is 0 Å². The average molecular weight is 2060 g/mol. The van der Waals surface area contributed by atoms with Crippen molar-refractivity contribution in [3.63, 3.8) is 0 Å². The molecule has 0 aliphatic carbocycles. The summed E-state index contributed by atoms with van der Waals surface area (Å²) in [5.41, 5.74) is -11.4. The van der Waals surface area contributed by atoms with Gasteiger partial charge in [-0.1, -0.05) is 0 Å². The number of piperazine rings is 4. The van der Waals surface area contributed by atoms with Gasteiger partial charge in [0.05, 0.1) is 50.1 Å². The third-order valence-corrected chi connectivity index (χ3v) is 25.8. The molecule has 0 spiro atoms. The topological polar surface area (TPSA) is 554 Å². The number of aromatic nitrogens is 7. The number of aromatic carboxylic acids is 4. The predicted molar refractivity (Wildman–Crippen MR) is 515 cm³/mol. The average Bonchev–Trinajstić information content (AvgIpc) is 0.759. The maximum atomic E-state index is 16.5. The van der Waals surface area contributed by atoms with Crippen molar-refractivity contribution in [3.8, 4) is 22.7 Å². The maximum Gasteiger partial charge on any atom is 0.341 e. The Morgan fingerprint density at radius 2 is 0.439 bits per heavy atom. The zero-order chi connectivity index (χ0) is 106. The molecule has 5 fully saturated rings. The van der Waals surface area contributed by atoms with E-state index in [-0.39, 0.29) is 180 Å². The molecule has 0 radical (unpaired) electrons. The van der Waals surface area contributed by atoms with Gasteiger partial charge in [0.15, 0.2) is 99.5 Å². The molecule has 5 saturated heterocycles. The molecular weight excluding hydrogens is 1970 g/mol. The van der Waals surface area contributed by atoms with Crippen LogP contribution in [0.3, 0.4) is 0 Å². The van der Waals surface area contributed by atoms with Crippen molar-refractivity contribution in [1.82, 2.24) is 93.7 Å². The van der Waals surface area contributed by atoms with Gasteiger partial charge in [0.2, 0.25) is 21.7 Å². The minimum Gasteiger partial charge on any atom is -0.477 e. The summed E-state index contributed by atoms with van der Waals surface area (Å²) in [6, 6.07) is 13.6. The number of carbonyl (C=O) groups is 4. The van der Waals surface area contributed by atoms with Gasteiger partial charge < -0.3 is 83.8 Å². The first-order valence-corrected chi connectivity index (χ1v) is 45.2. The number of nitrogens with zero attached hydrogens (tertiary/aromatic N) is 19. The number of anilines is 4. The maximum absolute atomic E-state index is 16.5. The Hall–Kier alpha value is -18.4. The van der Waals surface area contributed by atoms with Gasteiger partial charge in [-0.3, -0.25) is 97.4 Å². The quantitative estimate of drug-likeness (QED) is 0.0368. The van der Waals surface area contributed by atoms with Gasteiger partial charge in [-0.05, 0) is 78.9 Å². The second-order valence-electron chi connectivity index (χ2n) is 34.5. The highest BCUT2D eigenvalue weighted by atomic mass is 19.2. The zero-order valence-corrected chi connectivity index (χ0v) is 77.2. The van der Waals surface area contributed by atoms with Gasteiger partial charge >= 0.3 is 23.9 Å². The summed E-state index contributed by atoms with van der Waals surface area (Å²) in [5.74, 6) is -24.7. The van der Waals surface area contributed by atoms with E-state index in [0.717, 1.165) is 116 Å². The number of benzene rings is 5. The molecule has 148 heavy (non-hydrogen) atoms. The Bertz CT molecular complexity index is 6960. The van der Waals surface area contributed by atoms with Gasteiger partial charge in [0.1, 0.15) is 74.6 Å². The first-order valence-electron chi connectivity index (χ1n) is 45.2. The van der Waals surface area contributed by atoms with Crippen LogP contribution in [0.25, 0.3) is 66.8 Å². The van der Waals surface area contributed by atoms with Crippen molar-refractivity contribution in [1.29, 1.82) is 43.3 Å². The Kier molecular flexibility index (Phi) is 28.1. The molecule has 55 heteroatoms. The number of guanidine groups is 8. The minimum absolute atomic E-state index is 0.0650. The fraction of sp³-hybridized carbons (Fsp3) is 0.258. The van der Waals surface area contributed by atoms with E-state index in [4.69, 9.17) is 0 Å². The van der Waals surface area contributed by atoms with E-state index in [1.807, 2.05) is 0 Å². The summed E-state index contributed by atoms with van der Waals surface area (Å²) >= 11 is 0. The van der Waals surface area contributed by atoms with Crippen LogP contribution < -0.4 is 62.6 Å². The summed E-state index contributed by atoms with van der Waals surface area (Å²) in [6.07, 6.45) is 3.13. The van der Waals surface area contributed by atoms with E-state index in [0.29, 0.717) is 24.3 Å². The van der Waals surface area contributed by atoms with Gasteiger partial charge in [0, 0.05) is 212 Å². The highest BCUT2D eigenvalue weighted by molar-refractivity contribution is 6.01. The molecule has 0 atom stereocenters. The lowest BCUT2D eigenvalue weighted by Crippen LogP contribution is -2.60. The third-order valence-electron chi connectivity index (χ3n) is 25.8. The lowest BCUT2D eigenvalue weighted by atomic mass is 10.1. The number of carboxylic acid groups (broad SMARTS) is 4. The lowest BCUT2D eigenvalue weighted by Gasteiger charge is -2.40. The number of fused-ring (bicyclic) bond motifs is 4. The normalized spacial score (nSPS) is 15.2. The number of carboxylic acids is 4. The fourth-order valence-electron chi connectivity index (χ4n) is 17.9. The molecule has 5 aliphatic rings. The first-order chi connectivity index (χ1) is 70.5. The summed E-state index contributed by atoms with van der Waals surface area (Å²) in [6.45, 7) is -3.86. The van der Waals surface area contributed by atoms with Crippen molar-refractivity contribution in [2.75, 3.05) is 177 Å². The van der Waals surface area contributed by atoms with Gasteiger partial charge in [-0.2, -0.15) is 0 Å². The monoisotopic (exact) mass is 2060 g/mol. The molecule has 12 heterocycles. The van der Waals surface area contributed by atoms with Crippen LogP contribution in [0, 0.1) is 113 Å². The summed E-state index contributed by atoms with van der Waals surface area (Å²) < 4.78 is 188. The van der Waals surface area contributed by atoms with Crippen molar-refractivity contribution in [3.05, 3.63) is 261 Å². The number of hydrogen-bond donors (Lipinski definition) is 16. The van der Waals surface area contributed by atoms with E-state index in [9.17, 15) is 120 Å². The molecule has 7 aromatic heterocycles. The molecule has 0 saturated carbocycles. The van der Waals surface area contributed by atoms with Crippen LogP contribution in [-0.4, -0.2) is 321 Å². The fourth-order valence-corrected chi connectivity index (χ4v) is 17.9. The van der Waals surface area contributed by atoms with Crippen LogP contribution >= 0.6 is 0 Å². The molecule has 0 amide bonds. The van der Waals surface area contributed by atoms with Gasteiger partial charge in [-0.25, -0.2) is 86.8 Å². The third kappa shape index (κ3) is 20.3. The molecule has 5 aromatic carbocycles. The van der Waals surface area contributed by atoms with Gasteiger partial charge in [0.25, 0.3) is 0 Å². The van der Waals surface area contributed by atoms with Gasteiger partial charge in [-0.15, -0.1) is 0 Å². The van der Waals surface area contributed by atoms with Crippen molar-refractivity contribution in [2.45, 2.75) is 0 Å². The zero-order valence-electron chi connectivity index (χ0n) is 77.2. The summed E-state index contributed by atoms with van der Waals surface area (Å²) in [7, 11) is 0. The Balaban J connectivity index is 0.643. The molecule has 768 valence electrons. The molecule has 43 nitrogen and oxygen atoms in total. The molecule has 0 unspecified atom stereocenters. The standard InChI is InChI=1S/C93H85F12N31O12/c94-46-1-5-66(58(98)33-46)133-42-54(82(141)142)72(137)50-37-62(102)71(41-70(50)133)121-9-17-125(18-10-121)86(106)117-90(110)129-25-27-130(91(111)118-87(107)126-19-11-122(12-20-126)79-63(103)38-51-73(138)55(83(143)144)43-134(76(51)114-79)67-6-2-47(95)34-59(67)99)29-31-132(93(113)120-89(109)128-23-15-124(16-24-128)81-65(105)40-53-75(140)57(85(147)148)45-136(78(53)116-81)69-8-4-49(97)36-61(69)101)32-30-131(28-26-129)92(112)119-88(108)127-21-13-123(14-22-127)80-64(104)39-52-74(139)56(84(145)146)44-135(77(52)115-80)68-7-3-48(96)35-60(68)100/h1-8,33-45H,9-32H2,(H,141,142)(H,143,144)(H,145,146)(H,147,148)(H3,106,110,117)(H3,107,111,118)(H3,108,112,119)(H3,109,113,120).